The molecule has 180 valence electrons. The molecule has 2 aromatic rings. The fourth-order valence-electron chi connectivity index (χ4n) is 3.00. The van der Waals surface area contributed by atoms with Crippen LogP contribution in [0.15, 0.2) is 83.4 Å². The van der Waals surface area contributed by atoms with E-state index in [-0.39, 0.29) is 6.29 Å². The molecule has 0 bridgehead atoms. The second kappa shape index (κ2) is 15.9. The van der Waals surface area contributed by atoms with Crippen LogP contribution in [-0.4, -0.2) is 19.8 Å². The molecule has 0 spiro atoms. The molecule has 2 aromatic carbocycles. The van der Waals surface area contributed by atoms with E-state index in [0.717, 1.165) is 39.5 Å². The van der Waals surface area contributed by atoms with Gasteiger partial charge in [0.1, 0.15) is 5.75 Å². The molecule has 0 unspecified atom stereocenters. The second-order valence-corrected chi connectivity index (χ2v) is 7.68. The molecule has 0 saturated heterocycles. The summed E-state index contributed by atoms with van der Waals surface area (Å²) in [6.45, 7) is 8.41. The second-order valence-electron chi connectivity index (χ2n) is 7.25. The minimum atomic E-state index is -0.258. The molecule has 1 aliphatic carbocycles. The van der Waals surface area contributed by atoms with Crippen LogP contribution in [-0.2, 0) is 16.0 Å². The lowest BCUT2D eigenvalue weighted by Gasteiger charge is -2.17. The third-order valence-electron chi connectivity index (χ3n) is 4.71. The zero-order chi connectivity index (χ0) is 24.6. The topological polar surface area (TPSA) is 53.7 Å². The summed E-state index contributed by atoms with van der Waals surface area (Å²) in [4.78, 5) is 0. The summed E-state index contributed by atoms with van der Waals surface area (Å²) >= 11 is 5.92. The van der Waals surface area contributed by atoms with Gasteiger partial charge < -0.3 is 19.9 Å². The van der Waals surface area contributed by atoms with E-state index in [4.69, 9.17) is 31.5 Å². The number of nitrogens with two attached hydrogens (primary N) is 1. The Morgan fingerprint density at radius 3 is 2.15 bits per heavy atom. The standard InChI is InChI=1S/C17H15ClO.C12H19NO2/c1-2-19-17-12-9-15(10-13-17)7-6-14-4-3-5-16(18)11-8-14;1-3-14-12(15-4-2)11-7-5-10(9-13)6-8-11/h3,5,8-13H,2,4H2,1H3;5-8,12H,3-4,9,13H2,1-2H3. The van der Waals surface area contributed by atoms with Crippen LogP contribution in [0.1, 0.15) is 50.2 Å². The molecule has 5 heteroatoms. The van der Waals surface area contributed by atoms with E-state index in [1.807, 2.05) is 93.6 Å². The highest BCUT2D eigenvalue weighted by atomic mass is 35.5. The Morgan fingerprint density at radius 1 is 0.882 bits per heavy atom. The van der Waals surface area contributed by atoms with Gasteiger partial charge in [-0.2, -0.15) is 0 Å². The van der Waals surface area contributed by atoms with Gasteiger partial charge >= 0.3 is 0 Å². The normalized spacial score (nSPS) is 12.5. The summed E-state index contributed by atoms with van der Waals surface area (Å²) in [6, 6.07) is 15.8. The van der Waals surface area contributed by atoms with E-state index >= 15 is 0 Å². The minimum Gasteiger partial charge on any atom is -0.494 e. The van der Waals surface area contributed by atoms with Gasteiger partial charge in [-0.3, -0.25) is 0 Å². The molecule has 3 rings (SSSR count). The van der Waals surface area contributed by atoms with Crippen molar-refractivity contribution in [1.82, 2.24) is 0 Å². The van der Waals surface area contributed by atoms with E-state index in [1.165, 1.54) is 0 Å². The van der Waals surface area contributed by atoms with E-state index in [2.05, 4.69) is 11.8 Å². The maximum Gasteiger partial charge on any atom is 0.183 e. The molecular formula is C29H34ClNO3. The molecule has 0 fully saturated rings. The van der Waals surface area contributed by atoms with Gasteiger partial charge in [-0.1, -0.05) is 53.8 Å². The number of hydrogen-bond donors (Lipinski definition) is 1. The Kier molecular flexibility index (Phi) is 12.9. The van der Waals surface area contributed by atoms with Crippen LogP contribution in [0.3, 0.4) is 0 Å². The first-order valence-corrected chi connectivity index (χ1v) is 12.0. The fraction of sp³-hybridized carbons (Fsp3) is 0.310. The largest absolute Gasteiger partial charge is 0.494 e. The highest BCUT2D eigenvalue weighted by Crippen LogP contribution is 2.19. The summed E-state index contributed by atoms with van der Waals surface area (Å²) in [5.74, 6) is 7.19. The highest BCUT2D eigenvalue weighted by molar-refractivity contribution is 6.31. The number of ether oxygens (including phenoxy) is 3. The van der Waals surface area contributed by atoms with Crippen LogP contribution in [0.4, 0.5) is 0 Å². The quantitative estimate of drug-likeness (QED) is 0.339. The van der Waals surface area contributed by atoms with Gasteiger partial charge in [0.05, 0.1) is 6.61 Å². The average Bonchev–Trinajstić information content (AvgIpc) is 3.08. The summed E-state index contributed by atoms with van der Waals surface area (Å²) in [6.07, 6.45) is 8.30. The van der Waals surface area contributed by atoms with Crippen LogP contribution >= 0.6 is 11.6 Å². The number of allylic oxidation sites excluding steroid dienone is 6. The van der Waals surface area contributed by atoms with Crippen molar-refractivity contribution in [3.8, 4) is 17.6 Å². The number of hydrogen-bond acceptors (Lipinski definition) is 4. The van der Waals surface area contributed by atoms with Gasteiger partial charge in [0.2, 0.25) is 0 Å². The molecule has 0 saturated carbocycles. The van der Waals surface area contributed by atoms with E-state index in [9.17, 15) is 0 Å². The van der Waals surface area contributed by atoms with Crippen molar-refractivity contribution in [2.24, 2.45) is 5.73 Å². The Hall–Kier alpha value is -2.81. The Morgan fingerprint density at radius 2 is 1.56 bits per heavy atom. The first-order chi connectivity index (χ1) is 16.6. The zero-order valence-electron chi connectivity index (χ0n) is 20.2. The molecule has 34 heavy (non-hydrogen) atoms. The molecule has 0 heterocycles. The molecule has 0 amide bonds. The lowest BCUT2D eigenvalue weighted by atomic mass is 10.1. The average molecular weight is 480 g/mol. The van der Waals surface area contributed by atoms with Crippen LogP contribution in [0.25, 0.3) is 0 Å². The molecule has 0 aromatic heterocycles. The van der Waals surface area contributed by atoms with Crippen molar-refractivity contribution < 1.29 is 14.2 Å². The third-order valence-corrected chi connectivity index (χ3v) is 4.97. The summed E-state index contributed by atoms with van der Waals surface area (Å²) < 4.78 is 16.4. The van der Waals surface area contributed by atoms with Crippen LogP contribution in [0.5, 0.6) is 5.75 Å². The minimum absolute atomic E-state index is 0.258. The summed E-state index contributed by atoms with van der Waals surface area (Å²) in [5.41, 5.74) is 9.72. The van der Waals surface area contributed by atoms with Crippen molar-refractivity contribution in [3.05, 3.63) is 100 Å². The SMILES string of the molecule is CCOC(OCC)c1ccc(CN)cc1.CCOc1ccc(C#CC2=CC=C(Cl)C=CC2)cc1. The fourth-order valence-corrected chi connectivity index (χ4v) is 3.15. The Bertz CT molecular complexity index is 1010. The monoisotopic (exact) mass is 479 g/mol. The Labute approximate surface area is 209 Å². The number of benzene rings is 2. The molecule has 0 aliphatic heterocycles. The van der Waals surface area contributed by atoms with Crippen LogP contribution < -0.4 is 10.5 Å². The summed E-state index contributed by atoms with van der Waals surface area (Å²) in [7, 11) is 0. The molecular weight excluding hydrogens is 446 g/mol. The molecule has 0 atom stereocenters. The molecule has 1 aliphatic rings. The lowest BCUT2D eigenvalue weighted by molar-refractivity contribution is -0.140. The zero-order valence-corrected chi connectivity index (χ0v) is 21.0. The maximum atomic E-state index is 5.92. The first kappa shape index (κ1) is 27.4. The summed E-state index contributed by atoms with van der Waals surface area (Å²) in [5, 5.41) is 0.734. The van der Waals surface area contributed by atoms with Gasteiger partial charge in [-0.05, 0) is 75.2 Å². The third kappa shape index (κ3) is 9.99. The first-order valence-electron chi connectivity index (χ1n) is 11.6. The van der Waals surface area contributed by atoms with Crippen molar-refractivity contribution in [2.75, 3.05) is 19.8 Å². The maximum absolute atomic E-state index is 5.92. The molecule has 2 N–H and O–H groups in total. The van der Waals surface area contributed by atoms with Gasteiger partial charge in [-0.25, -0.2) is 0 Å². The number of rotatable bonds is 8. The van der Waals surface area contributed by atoms with Crippen molar-refractivity contribution in [1.29, 1.82) is 0 Å². The molecule has 4 nitrogen and oxygen atoms in total. The van der Waals surface area contributed by atoms with Gasteiger partial charge in [0.15, 0.2) is 6.29 Å². The van der Waals surface area contributed by atoms with E-state index in [0.29, 0.717) is 26.4 Å². The van der Waals surface area contributed by atoms with Gasteiger partial charge in [0.25, 0.3) is 0 Å². The smallest absolute Gasteiger partial charge is 0.183 e. The predicted molar refractivity (Wildman–Crippen MR) is 141 cm³/mol. The lowest BCUT2D eigenvalue weighted by Crippen LogP contribution is -2.09. The highest BCUT2D eigenvalue weighted by Gasteiger charge is 2.10. The van der Waals surface area contributed by atoms with Crippen molar-refractivity contribution in [3.63, 3.8) is 0 Å². The molecule has 0 radical (unpaired) electrons. The Balaban J connectivity index is 0.000000248. The van der Waals surface area contributed by atoms with E-state index < -0.39 is 0 Å². The van der Waals surface area contributed by atoms with E-state index in [1.54, 1.807) is 0 Å². The van der Waals surface area contributed by atoms with Gasteiger partial charge in [-0.15, -0.1) is 0 Å². The van der Waals surface area contributed by atoms with Crippen LogP contribution in [0, 0.1) is 11.8 Å². The van der Waals surface area contributed by atoms with Crippen molar-refractivity contribution in [2.45, 2.75) is 40.0 Å². The number of halogens is 1. The van der Waals surface area contributed by atoms with Crippen molar-refractivity contribution >= 4 is 11.6 Å². The predicted octanol–water partition coefficient (Wildman–Crippen LogP) is 6.66. The van der Waals surface area contributed by atoms with Crippen LogP contribution in [0.2, 0.25) is 0 Å². The van der Waals surface area contributed by atoms with Gasteiger partial charge in [0, 0.05) is 41.5 Å².